The van der Waals surface area contributed by atoms with Gasteiger partial charge in [0.25, 0.3) is 0 Å². The number of unbranched alkanes of at least 4 members (excludes halogenated alkanes) is 1. The first-order valence-electron chi connectivity index (χ1n) is 10.3. The number of piperidine rings is 1. The number of nitrogens with zero attached hydrogens (tertiary/aromatic N) is 1. The van der Waals surface area contributed by atoms with Gasteiger partial charge in [0.2, 0.25) is 5.91 Å². The van der Waals surface area contributed by atoms with Gasteiger partial charge in [-0.2, -0.15) is 0 Å². The molecule has 3 heteroatoms. The van der Waals surface area contributed by atoms with Crippen molar-refractivity contribution in [1.82, 2.24) is 4.90 Å². The van der Waals surface area contributed by atoms with Gasteiger partial charge in [-0.1, -0.05) is 49.7 Å². The van der Waals surface area contributed by atoms with E-state index in [0.29, 0.717) is 0 Å². The van der Waals surface area contributed by atoms with Crippen molar-refractivity contribution in [2.24, 2.45) is 5.92 Å². The second-order valence-corrected chi connectivity index (χ2v) is 7.77. The van der Waals surface area contributed by atoms with E-state index < -0.39 is 0 Å². The number of amides is 1. The third-order valence-electron chi connectivity index (χ3n) is 5.65. The van der Waals surface area contributed by atoms with Crippen molar-refractivity contribution in [2.45, 2.75) is 52.5 Å². The third-order valence-corrected chi connectivity index (χ3v) is 5.65. The highest BCUT2D eigenvalue weighted by Gasteiger charge is 2.25. The predicted molar refractivity (Wildman–Crippen MR) is 113 cm³/mol. The lowest BCUT2D eigenvalue weighted by Gasteiger charge is -2.31. The summed E-state index contributed by atoms with van der Waals surface area (Å²) in [5.74, 6) is 0.296. The van der Waals surface area contributed by atoms with Gasteiger partial charge in [-0.3, -0.25) is 9.69 Å². The van der Waals surface area contributed by atoms with Crippen molar-refractivity contribution in [1.29, 1.82) is 0 Å². The lowest BCUT2D eigenvalue weighted by Crippen LogP contribution is -2.37. The molecule has 0 aliphatic carbocycles. The van der Waals surface area contributed by atoms with Crippen molar-refractivity contribution in [3.8, 4) is 0 Å². The van der Waals surface area contributed by atoms with Crippen LogP contribution in [0.2, 0.25) is 0 Å². The van der Waals surface area contributed by atoms with Crippen LogP contribution in [0.3, 0.4) is 0 Å². The molecule has 1 aliphatic heterocycles. The molecule has 1 N–H and O–H groups in total. The van der Waals surface area contributed by atoms with E-state index in [1.165, 1.54) is 29.5 Å². The van der Waals surface area contributed by atoms with Crippen LogP contribution in [0.25, 0.3) is 0 Å². The van der Waals surface area contributed by atoms with Gasteiger partial charge < -0.3 is 5.32 Å². The van der Waals surface area contributed by atoms with Crippen LogP contribution in [-0.2, 0) is 17.8 Å². The first-order chi connectivity index (χ1) is 13.2. The number of anilines is 1. The van der Waals surface area contributed by atoms with Gasteiger partial charge in [0.1, 0.15) is 0 Å². The average Bonchev–Trinajstić information content (AvgIpc) is 2.70. The normalized spacial score (nSPS) is 15.6. The summed E-state index contributed by atoms with van der Waals surface area (Å²) in [5, 5.41) is 3.11. The number of rotatable bonds is 7. The fraction of sp³-hybridized carbons (Fsp3) is 0.458. The van der Waals surface area contributed by atoms with Crippen molar-refractivity contribution in [3.05, 3.63) is 65.2 Å². The van der Waals surface area contributed by atoms with Crippen molar-refractivity contribution in [2.75, 3.05) is 18.4 Å². The van der Waals surface area contributed by atoms with Crippen LogP contribution in [0.15, 0.2) is 48.5 Å². The molecular formula is C24H32N2O. The Hall–Kier alpha value is -2.13. The van der Waals surface area contributed by atoms with E-state index in [-0.39, 0.29) is 11.8 Å². The molecular weight excluding hydrogens is 332 g/mol. The Kier molecular flexibility index (Phi) is 7.05. The summed E-state index contributed by atoms with van der Waals surface area (Å²) in [6.45, 7) is 7.34. The lowest BCUT2D eigenvalue weighted by atomic mass is 9.95. The largest absolute Gasteiger partial charge is 0.326 e. The van der Waals surface area contributed by atoms with E-state index in [4.69, 9.17) is 0 Å². The Labute approximate surface area is 163 Å². The average molecular weight is 365 g/mol. The molecule has 1 aliphatic rings. The number of aryl methyl sites for hydroxylation is 2. The number of likely N-dealkylation sites (tertiary alicyclic amines) is 1. The van der Waals surface area contributed by atoms with Crippen molar-refractivity contribution < 1.29 is 4.79 Å². The van der Waals surface area contributed by atoms with Crippen LogP contribution in [0, 0.1) is 12.8 Å². The molecule has 144 valence electrons. The smallest absolute Gasteiger partial charge is 0.227 e. The molecule has 0 aromatic heterocycles. The summed E-state index contributed by atoms with van der Waals surface area (Å²) in [7, 11) is 0. The molecule has 0 spiro atoms. The fourth-order valence-corrected chi connectivity index (χ4v) is 3.76. The number of carbonyl (C=O) groups excluding carboxylic acids is 1. The quantitative estimate of drug-likeness (QED) is 0.733. The molecule has 0 atom stereocenters. The topological polar surface area (TPSA) is 32.3 Å². The van der Waals surface area contributed by atoms with E-state index in [1.54, 1.807) is 0 Å². The van der Waals surface area contributed by atoms with Gasteiger partial charge >= 0.3 is 0 Å². The van der Waals surface area contributed by atoms with E-state index in [0.717, 1.165) is 44.6 Å². The standard InChI is InChI=1S/C24H32N2O/c1-3-4-8-20-10-12-23(13-11-20)25-24(27)21-14-16-26(17-15-21)18-22-9-6-5-7-19(22)2/h5-7,9-13,21H,3-4,8,14-18H2,1-2H3,(H,25,27). The van der Waals surface area contributed by atoms with Crippen LogP contribution in [-0.4, -0.2) is 23.9 Å². The van der Waals surface area contributed by atoms with E-state index in [1.807, 2.05) is 12.1 Å². The number of hydrogen-bond donors (Lipinski definition) is 1. The fourth-order valence-electron chi connectivity index (χ4n) is 3.76. The first kappa shape index (κ1) is 19.6. The van der Waals surface area contributed by atoms with Crippen LogP contribution >= 0.6 is 0 Å². The van der Waals surface area contributed by atoms with Gasteiger partial charge in [0, 0.05) is 18.2 Å². The minimum atomic E-state index is 0.123. The van der Waals surface area contributed by atoms with Gasteiger partial charge in [0.05, 0.1) is 0 Å². The highest BCUT2D eigenvalue weighted by molar-refractivity contribution is 5.92. The Morgan fingerprint density at radius 1 is 1.07 bits per heavy atom. The lowest BCUT2D eigenvalue weighted by molar-refractivity contribution is -0.121. The molecule has 2 aromatic carbocycles. The molecule has 0 bridgehead atoms. The Morgan fingerprint density at radius 2 is 1.78 bits per heavy atom. The van der Waals surface area contributed by atoms with E-state index in [2.05, 4.69) is 60.5 Å². The van der Waals surface area contributed by atoms with Crippen LogP contribution in [0.5, 0.6) is 0 Å². The Bertz CT molecular complexity index is 730. The van der Waals surface area contributed by atoms with Crippen LogP contribution in [0.4, 0.5) is 5.69 Å². The molecule has 3 rings (SSSR count). The first-order valence-corrected chi connectivity index (χ1v) is 10.3. The summed E-state index contributed by atoms with van der Waals surface area (Å²) in [6.07, 6.45) is 5.41. The van der Waals surface area contributed by atoms with Crippen molar-refractivity contribution >= 4 is 11.6 Å². The Morgan fingerprint density at radius 3 is 2.44 bits per heavy atom. The number of benzene rings is 2. The molecule has 1 amide bonds. The van der Waals surface area contributed by atoms with Gasteiger partial charge in [-0.15, -0.1) is 0 Å². The van der Waals surface area contributed by atoms with Gasteiger partial charge in [-0.25, -0.2) is 0 Å². The van der Waals surface area contributed by atoms with Crippen LogP contribution in [0.1, 0.15) is 49.3 Å². The maximum absolute atomic E-state index is 12.6. The SMILES string of the molecule is CCCCc1ccc(NC(=O)C2CCN(Cc3ccccc3C)CC2)cc1. The molecule has 0 unspecified atom stereocenters. The molecule has 1 saturated heterocycles. The van der Waals surface area contributed by atoms with E-state index >= 15 is 0 Å². The second kappa shape index (κ2) is 9.70. The van der Waals surface area contributed by atoms with Crippen LogP contribution < -0.4 is 5.32 Å². The highest BCUT2D eigenvalue weighted by atomic mass is 16.1. The monoisotopic (exact) mass is 364 g/mol. The molecule has 1 heterocycles. The summed E-state index contributed by atoms with van der Waals surface area (Å²) in [5.41, 5.74) is 5.00. The minimum Gasteiger partial charge on any atom is -0.326 e. The summed E-state index contributed by atoms with van der Waals surface area (Å²) < 4.78 is 0. The molecule has 2 aromatic rings. The van der Waals surface area contributed by atoms with Crippen molar-refractivity contribution in [3.63, 3.8) is 0 Å². The predicted octanol–water partition coefficient (Wildman–Crippen LogP) is 5.19. The third kappa shape index (κ3) is 5.67. The van der Waals surface area contributed by atoms with Gasteiger partial charge in [-0.05, 0) is 74.5 Å². The zero-order chi connectivity index (χ0) is 19.1. The number of nitrogens with one attached hydrogen (secondary N) is 1. The zero-order valence-corrected chi connectivity index (χ0v) is 16.7. The molecule has 0 saturated carbocycles. The van der Waals surface area contributed by atoms with E-state index in [9.17, 15) is 4.79 Å². The summed E-state index contributed by atoms with van der Waals surface area (Å²) in [4.78, 5) is 15.1. The maximum atomic E-state index is 12.6. The second-order valence-electron chi connectivity index (χ2n) is 7.77. The molecule has 0 radical (unpaired) electrons. The highest BCUT2D eigenvalue weighted by Crippen LogP contribution is 2.22. The summed E-state index contributed by atoms with van der Waals surface area (Å²) in [6, 6.07) is 16.9. The molecule has 27 heavy (non-hydrogen) atoms. The maximum Gasteiger partial charge on any atom is 0.227 e. The number of carbonyl (C=O) groups is 1. The van der Waals surface area contributed by atoms with Gasteiger partial charge in [0.15, 0.2) is 0 Å². The molecule has 3 nitrogen and oxygen atoms in total. The number of hydrogen-bond acceptors (Lipinski definition) is 2. The molecule has 1 fully saturated rings. The zero-order valence-electron chi connectivity index (χ0n) is 16.7. The Balaban J connectivity index is 1.46. The minimum absolute atomic E-state index is 0.123. The summed E-state index contributed by atoms with van der Waals surface area (Å²) >= 11 is 0.